The summed E-state index contributed by atoms with van der Waals surface area (Å²) in [4.78, 5) is 12.9. The monoisotopic (exact) mass is 481 g/mol. The van der Waals surface area contributed by atoms with Gasteiger partial charge in [-0.25, -0.2) is 21.6 Å². The number of hydrogen-bond acceptors (Lipinski definition) is 6. The SMILES string of the molecule is COc1ccc(S(=O)(=O)N[C@H](C(=O)Nc2cccc(S(=O)(=O)NC3CC3)c2)C(C)C)cc1. The molecule has 0 unspecified atom stereocenters. The molecule has 0 aromatic heterocycles. The Morgan fingerprint density at radius 2 is 1.62 bits per heavy atom. The van der Waals surface area contributed by atoms with Crippen LogP contribution >= 0.6 is 0 Å². The highest BCUT2D eigenvalue weighted by atomic mass is 32.2. The Hall–Kier alpha value is -2.47. The minimum absolute atomic E-state index is 0.00371. The van der Waals surface area contributed by atoms with Gasteiger partial charge in [-0.15, -0.1) is 0 Å². The molecule has 1 amide bonds. The average Bonchev–Trinajstić information content (AvgIpc) is 3.55. The molecule has 3 N–H and O–H groups in total. The van der Waals surface area contributed by atoms with Gasteiger partial charge in [0.15, 0.2) is 0 Å². The molecule has 0 spiro atoms. The van der Waals surface area contributed by atoms with Crippen molar-refractivity contribution in [2.45, 2.75) is 48.6 Å². The summed E-state index contributed by atoms with van der Waals surface area (Å²) in [7, 11) is -6.19. The van der Waals surface area contributed by atoms with E-state index >= 15 is 0 Å². The first-order valence-corrected chi connectivity index (χ1v) is 13.1. The van der Waals surface area contributed by atoms with E-state index in [-0.39, 0.29) is 27.4 Å². The Morgan fingerprint density at radius 3 is 2.19 bits per heavy atom. The topological polar surface area (TPSA) is 131 Å². The highest BCUT2D eigenvalue weighted by Crippen LogP contribution is 2.24. The normalized spacial score (nSPS) is 15.4. The van der Waals surface area contributed by atoms with Crippen molar-refractivity contribution in [1.82, 2.24) is 9.44 Å². The van der Waals surface area contributed by atoms with E-state index in [4.69, 9.17) is 4.74 Å². The molecule has 0 aliphatic heterocycles. The maximum atomic E-state index is 12.9. The quantitative estimate of drug-likeness (QED) is 0.476. The summed E-state index contributed by atoms with van der Waals surface area (Å²) in [6, 6.07) is 10.5. The number of anilines is 1. The second-order valence-electron chi connectivity index (χ2n) is 7.93. The predicted octanol–water partition coefficient (Wildman–Crippen LogP) is 2.08. The van der Waals surface area contributed by atoms with Crippen molar-refractivity contribution in [2.24, 2.45) is 5.92 Å². The molecule has 1 aliphatic rings. The molecule has 32 heavy (non-hydrogen) atoms. The van der Waals surface area contributed by atoms with Crippen LogP contribution in [0.5, 0.6) is 5.75 Å². The highest BCUT2D eigenvalue weighted by molar-refractivity contribution is 7.89. The smallest absolute Gasteiger partial charge is 0.242 e. The molecule has 11 heteroatoms. The van der Waals surface area contributed by atoms with Crippen molar-refractivity contribution < 1.29 is 26.4 Å². The fourth-order valence-corrected chi connectivity index (χ4v) is 5.63. The van der Waals surface area contributed by atoms with Gasteiger partial charge in [-0.3, -0.25) is 4.79 Å². The van der Waals surface area contributed by atoms with Crippen LogP contribution in [0.15, 0.2) is 58.3 Å². The predicted molar refractivity (Wildman–Crippen MR) is 120 cm³/mol. The minimum Gasteiger partial charge on any atom is -0.497 e. The number of nitrogens with one attached hydrogen (secondary N) is 3. The molecule has 0 radical (unpaired) electrons. The van der Waals surface area contributed by atoms with Gasteiger partial charge in [0.25, 0.3) is 0 Å². The van der Waals surface area contributed by atoms with Crippen LogP contribution in [0.2, 0.25) is 0 Å². The summed E-state index contributed by atoms with van der Waals surface area (Å²) in [6.45, 7) is 3.42. The van der Waals surface area contributed by atoms with Gasteiger partial charge in [-0.05, 0) is 61.2 Å². The zero-order chi connectivity index (χ0) is 23.5. The molecule has 3 rings (SSSR count). The van der Waals surface area contributed by atoms with Crippen LogP contribution in [-0.4, -0.2) is 41.9 Å². The molecular weight excluding hydrogens is 454 g/mol. The number of hydrogen-bond donors (Lipinski definition) is 3. The zero-order valence-electron chi connectivity index (χ0n) is 18.0. The standard InChI is InChI=1S/C21H27N3O6S2/c1-14(2)20(24-31(26,27)18-11-9-17(30-3)10-12-18)21(25)22-16-5-4-6-19(13-16)32(28,29)23-15-7-8-15/h4-6,9-15,20,23-24H,7-8H2,1-3H3,(H,22,25)/t20-/m0/s1. The molecule has 9 nitrogen and oxygen atoms in total. The van der Waals surface area contributed by atoms with Gasteiger partial charge in [0, 0.05) is 11.7 Å². The molecule has 174 valence electrons. The number of carbonyl (C=O) groups excluding carboxylic acids is 1. The van der Waals surface area contributed by atoms with Gasteiger partial charge in [-0.2, -0.15) is 4.72 Å². The summed E-state index contributed by atoms with van der Waals surface area (Å²) >= 11 is 0. The first kappa shape index (κ1) is 24.2. The minimum atomic E-state index is -3.98. The Labute approximate surface area is 188 Å². The maximum absolute atomic E-state index is 12.9. The second kappa shape index (κ2) is 9.57. The van der Waals surface area contributed by atoms with Crippen LogP contribution in [0.3, 0.4) is 0 Å². The van der Waals surface area contributed by atoms with Gasteiger partial charge in [0.2, 0.25) is 26.0 Å². The van der Waals surface area contributed by atoms with Crippen molar-refractivity contribution in [3.63, 3.8) is 0 Å². The highest BCUT2D eigenvalue weighted by Gasteiger charge is 2.30. The Balaban J connectivity index is 1.76. The molecular formula is C21H27N3O6S2. The van der Waals surface area contributed by atoms with E-state index in [0.717, 1.165) is 12.8 Å². The first-order valence-electron chi connectivity index (χ1n) is 10.1. The third-order valence-electron chi connectivity index (χ3n) is 4.91. The summed E-state index contributed by atoms with van der Waals surface area (Å²) in [5.74, 6) is -0.457. The van der Waals surface area contributed by atoms with Crippen molar-refractivity contribution in [2.75, 3.05) is 12.4 Å². The van der Waals surface area contributed by atoms with E-state index in [0.29, 0.717) is 5.75 Å². The molecule has 0 bridgehead atoms. The van der Waals surface area contributed by atoms with E-state index in [1.54, 1.807) is 19.9 Å². The van der Waals surface area contributed by atoms with Crippen LogP contribution in [-0.2, 0) is 24.8 Å². The molecule has 2 aromatic carbocycles. The lowest BCUT2D eigenvalue weighted by molar-refractivity contribution is -0.118. The summed E-state index contributed by atoms with van der Waals surface area (Å²) in [6.07, 6.45) is 1.61. The fourth-order valence-electron chi connectivity index (χ4n) is 2.93. The van der Waals surface area contributed by atoms with Crippen molar-refractivity contribution in [3.05, 3.63) is 48.5 Å². The van der Waals surface area contributed by atoms with Crippen LogP contribution in [0.1, 0.15) is 26.7 Å². The largest absolute Gasteiger partial charge is 0.497 e. The molecule has 1 fully saturated rings. The molecule has 0 heterocycles. The summed E-state index contributed by atoms with van der Waals surface area (Å²) in [5, 5.41) is 2.62. The van der Waals surface area contributed by atoms with Crippen LogP contribution < -0.4 is 19.5 Å². The fraction of sp³-hybridized carbons (Fsp3) is 0.381. The van der Waals surface area contributed by atoms with Gasteiger partial charge in [-0.1, -0.05) is 19.9 Å². The summed E-state index contributed by atoms with van der Waals surface area (Å²) in [5.41, 5.74) is 0.253. The van der Waals surface area contributed by atoms with Crippen LogP contribution in [0, 0.1) is 5.92 Å². The molecule has 1 atom stereocenters. The molecule has 1 saturated carbocycles. The van der Waals surface area contributed by atoms with Crippen LogP contribution in [0.25, 0.3) is 0 Å². The number of ether oxygens (including phenoxy) is 1. The number of carbonyl (C=O) groups is 1. The van der Waals surface area contributed by atoms with E-state index in [1.165, 1.54) is 49.6 Å². The Morgan fingerprint density at radius 1 is 0.969 bits per heavy atom. The van der Waals surface area contributed by atoms with Crippen molar-refractivity contribution in [1.29, 1.82) is 0 Å². The Bertz CT molecular complexity index is 1170. The van der Waals surface area contributed by atoms with E-state index in [9.17, 15) is 21.6 Å². The van der Waals surface area contributed by atoms with E-state index in [1.807, 2.05) is 0 Å². The second-order valence-corrected chi connectivity index (χ2v) is 11.4. The van der Waals surface area contributed by atoms with Crippen LogP contribution in [0.4, 0.5) is 5.69 Å². The number of sulfonamides is 2. The van der Waals surface area contributed by atoms with E-state index in [2.05, 4.69) is 14.8 Å². The Kier molecular flexibility index (Phi) is 7.23. The lowest BCUT2D eigenvalue weighted by Gasteiger charge is -2.22. The zero-order valence-corrected chi connectivity index (χ0v) is 19.7. The third-order valence-corrected chi connectivity index (χ3v) is 7.89. The first-order chi connectivity index (χ1) is 15.0. The van der Waals surface area contributed by atoms with Crippen molar-refractivity contribution >= 4 is 31.6 Å². The van der Waals surface area contributed by atoms with Gasteiger partial charge < -0.3 is 10.1 Å². The number of benzene rings is 2. The molecule has 2 aromatic rings. The summed E-state index contributed by atoms with van der Waals surface area (Å²) < 4.78 is 60.5. The molecule has 1 aliphatic carbocycles. The number of methoxy groups -OCH3 is 1. The number of amides is 1. The van der Waals surface area contributed by atoms with Crippen molar-refractivity contribution in [3.8, 4) is 5.75 Å². The lowest BCUT2D eigenvalue weighted by atomic mass is 10.0. The van der Waals surface area contributed by atoms with Gasteiger partial charge in [0.1, 0.15) is 11.8 Å². The average molecular weight is 482 g/mol. The maximum Gasteiger partial charge on any atom is 0.242 e. The lowest BCUT2D eigenvalue weighted by Crippen LogP contribution is -2.47. The van der Waals surface area contributed by atoms with E-state index < -0.39 is 32.0 Å². The third kappa shape index (κ3) is 6.06. The van der Waals surface area contributed by atoms with Gasteiger partial charge in [0.05, 0.1) is 16.9 Å². The number of rotatable bonds is 10. The molecule has 0 saturated heterocycles. The van der Waals surface area contributed by atoms with Gasteiger partial charge >= 0.3 is 0 Å².